The van der Waals surface area contributed by atoms with Gasteiger partial charge in [-0.3, -0.25) is 0 Å². The second kappa shape index (κ2) is 12.1. The number of aliphatic hydroxyl groups is 1. The highest BCUT2D eigenvalue weighted by Crippen LogP contribution is 2.49. The van der Waals surface area contributed by atoms with Crippen molar-refractivity contribution in [1.82, 2.24) is 0 Å². The number of aliphatic hydroxyl groups excluding tert-OH is 1. The molecule has 1 saturated carbocycles. The molecule has 2 heteroatoms. The highest BCUT2D eigenvalue weighted by Gasteiger charge is 2.42. The molecular formula is C23H36O2. The van der Waals surface area contributed by atoms with Gasteiger partial charge in [0.25, 0.3) is 0 Å². The molecule has 3 rings (SSSR count). The zero-order valence-corrected chi connectivity index (χ0v) is 15.1. The Morgan fingerprint density at radius 2 is 1.96 bits per heavy atom. The van der Waals surface area contributed by atoms with Crippen LogP contribution in [0.3, 0.4) is 0 Å². The smallest absolute Gasteiger partial charge is 0.155 e. The van der Waals surface area contributed by atoms with Crippen molar-refractivity contribution in [2.24, 2.45) is 17.8 Å². The molecule has 0 aromatic carbocycles. The van der Waals surface area contributed by atoms with Gasteiger partial charge in [-0.05, 0) is 49.0 Å². The van der Waals surface area contributed by atoms with Gasteiger partial charge < -0.3 is 9.84 Å². The fraction of sp³-hybridized carbons (Fsp3) is 0.565. The van der Waals surface area contributed by atoms with Gasteiger partial charge in [0.1, 0.15) is 0 Å². The lowest BCUT2D eigenvalue weighted by Gasteiger charge is -2.14. The zero-order chi connectivity index (χ0) is 17.2. The molecule has 25 heavy (non-hydrogen) atoms. The minimum atomic E-state index is -0.631. The molecule has 3 aliphatic carbocycles. The van der Waals surface area contributed by atoms with Gasteiger partial charge in [0.05, 0.1) is 6.61 Å². The van der Waals surface area contributed by atoms with E-state index in [0.717, 1.165) is 24.3 Å². The minimum absolute atomic E-state index is 0. The Balaban J connectivity index is 0.00000101. The van der Waals surface area contributed by atoms with E-state index in [9.17, 15) is 5.11 Å². The summed E-state index contributed by atoms with van der Waals surface area (Å²) in [6, 6.07) is 0. The minimum Gasteiger partial charge on any atom is -0.368 e. The molecule has 0 bridgehead atoms. The van der Waals surface area contributed by atoms with E-state index in [1.54, 1.807) is 0 Å². The Labute approximate surface area is 154 Å². The molecule has 0 spiro atoms. The third-order valence-corrected chi connectivity index (χ3v) is 4.82. The average molecular weight is 345 g/mol. The van der Waals surface area contributed by atoms with Gasteiger partial charge in [-0.15, -0.1) is 0 Å². The summed E-state index contributed by atoms with van der Waals surface area (Å²) in [5.41, 5.74) is 1.15. The lowest BCUT2D eigenvalue weighted by Crippen LogP contribution is -2.15. The Hall–Kier alpha value is -1.38. The molecule has 2 nitrogen and oxygen atoms in total. The molecule has 140 valence electrons. The summed E-state index contributed by atoms with van der Waals surface area (Å²) in [7, 11) is 0. The highest BCUT2D eigenvalue weighted by atomic mass is 16.6. The first-order valence-electron chi connectivity index (χ1n) is 9.48. The first-order chi connectivity index (χ1) is 11.8. The van der Waals surface area contributed by atoms with Crippen molar-refractivity contribution in [3.8, 4) is 0 Å². The standard InChI is InChI=1S/C20H26O2.C2H6.CH4/c21-20(22-15-16-9-5-1-2-6-10-16)14-18-13-19(18)17-11-7-3-4-8-12-17;1-2;/h1-5,7,9-11,17-21H,6,8,12-15H2;1-2H3;1H4/t17-,18?,19-,20?;;/m0../s1. The van der Waals surface area contributed by atoms with Crippen LogP contribution in [0.25, 0.3) is 0 Å². The third kappa shape index (κ3) is 7.58. The van der Waals surface area contributed by atoms with Gasteiger partial charge >= 0.3 is 0 Å². The molecule has 0 aromatic rings. The SMILES string of the molecule is C.CC.OC(CC1C[C@H]1[C@H]1C=CC=CCC1)OCC1=CCC=CC=C1. The molecule has 1 N–H and O–H groups in total. The molecule has 0 amide bonds. The summed E-state index contributed by atoms with van der Waals surface area (Å²) in [6.45, 7) is 4.50. The van der Waals surface area contributed by atoms with Crippen molar-refractivity contribution in [1.29, 1.82) is 0 Å². The number of hydrogen-bond donors (Lipinski definition) is 1. The molecule has 0 heterocycles. The molecule has 0 aromatic heterocycles. The van der Waals surface area contributed by atoms with E-state index in [0.29, 0.717) is 18.4 Å². The molecule has 0 aliphatic heterocycles. The van der Waals surface area contributed by atoms with Crippen LogP contribution >= 0.6 is 0 Å². The normalized spacial score (nSPS) is 28.0. The van der Waals surface area contributed by atoms with E-state index in [1.165, 1.54) is 19.3 Å². The van der Waals surface area contributed by atoms with Gasteiger partial charge in [0, 0.05) is 6.42 Å². The molecule has 0 saturated heterocycles. The van der Waals surface area contributed by atoms with Crippen LogP contribution in [0.1, 0.15) is 53.4 Å². The predicted octanol–water partition coefficient (Wildman–Crippen LogP) is 5.97. The maximum Gasteiger partial charge on any atom is 0.155 e. The van der Waals surface area contributed by atoms with Crippen molar-refractivity contribution >= 4 is 0 Å². The Morgan fingerprint density at radius 3 is 2.80 bits per heavy atom. The van der Waals surface area contributed by atoms with Crippen LogP contribution in [0.4, 0.5) is 0 Å². The molecule has 3 aliphatic rings. The van der Waals surface area contributed by atoms with Gasteiger partial charge in [-0.2, -0.15) is 0 Å². The van der Waals surface area contributed by atoms with Crippen LogP contribution in [0.2, 0.25) is 0 Å². The largest absolute Gasteiger partial charge is 0.368 e. The van der Waals surface area contributed by atoms with Gasteiger partial charge in [-0.25, -0.2) is 0 Å². The van der Waals surface area contributed by atoms with E-state index < -0.39 is 6.29 Å². The maximum absolute atomic E-state index is 10.1. The van der Waals surface area contributed by atoms with Gasteiger partial charge in [0.15, 0.2) is 6.29 Å². The van der Waals surface area contributed by atoms with Crippen LogP contribution in [-0.2, 0) is 4.74 Å². The summed E-state index contributed by atoms with van der Waals surface area (Å²) < 4.78 is 5.63. The van der Waals surface area contributed by atoms with Crippen LogP contribution in [0, 0.1) is 17.8 Å². The quantitative estimate of drug-likeness (QED) is 0.601. The second-order valence-corrected chi connectivity index (χ2v) is 6.52. The van der Waals surface area contributed by atoms with E-state index in [-0.39, 0.29) is 7.43 Å². The maximum atomic E-state index is 10.1. The second-order valence-electron chi connectivity index (χ2n) is 6.52. The van der Waals surface area contributed by atoms with Crippen molar-refractivity contribution in [3.05, 3.63) is 60.3 Å². The average Bonchev–Trinajstić information content (AvgIpc) is 3.41. The van der Waals surface area contributed by atoms with E-state index in [1.807, 2.05) is 26.0 Å². The Morgan fingerprint density at radius 1 is 1.16 bits per heavy atom. The van der Waals surface area contributed by atoms with Crippen LogP contribution < -0.4 is 0 Å². The monoisotopic (exact) mass is 344 g/mol. The third-order valence-electron chi connectivity index (χ3n) is 4.82. The lowest BCUT2D eigenvalue weighted by molar-refractivity contribution is -0.0982. The number of ether oxygens (including phenoxy) is 1. The molecular weight excluding hydrogens is 308 g/mol. The Kier molecular flexibility index (Phi) is 10.4. The summed E-state index contributed by atoms with van der Waals surface area (Å²) in [5.74, 6) is 2.06. The van der Waals surface area contributed by atoms with Crippen LogP contribution in [-0.4, -0.2) is 18.0 Å². The summed E-state index contributed by atoms with van der Waals surface area (Å²) in [4.78, 5) is 0. The highest BCUT2D eigenvalue weighted by molar-refractivity contribution is 5.26. The number of rotatable bonds is 6. The Bertz CT molecular complexity index is 510. The molecule has 1 fully saturated rings. The number of hydrogen-bond acceptors (Lipinski definition) is 2. The van der Waals surface area contributed by atoms with Crippen molar-refractivity contribution < 1.29 is 9.84 Å². The lowest BCUT2D eigenvalue weighted by atomic mass is 9.96. The van der Waals surface area contributed by atoms with E-state index >= 15 is 0 Å². The van der Waals surface area contributed by atoms with Crippen LogP contribution in [0.5, 0.6) is 0 Å². The predicted molar refractivity (Wildman–Crippen MR) is 108 cm³/mol. The topological polar surface area (TPSA) is 29.5 Å². The fourth-order valence-electron chi connectivity index (χ4n) is 3.44. The van der Waals surface area contributed by atoms with Crippen molar-refractivity contribution in [3.63, 3.8) is 0 Å². The first-order valence-corrected chi connectivity index (χ1v) is 9.48. The zero-order valence-electron chi connectivity index (χ0n) is 15.1. The van der Waals surface area contributed by atoms with E-state index in [2.05, 4.69) is 42.5 Å². The summed E-state index contributed by atoms with van der Waals surface area (Å²) in [6.07, 6.45) is 24.1. The summed E-state index contributed by atoms with van der Waals surface area (Å²) >= 11 is 0. The van der Waals surface area contributed by atoms with Crippen molar-refractivity contribution in [2.75, 3.05) is 6.61 Å². The van der Waals surface area contributed by atoms with Crippen LogP contribution in [0.15, 0.2) is 60.3 Å². The fourth-order valence-corrected chi connectivity index (χ4v) is 3.44. The van der Waals surface area contributed by atoms with E-state index in [4.69, 9.17) is 4.74 Å². The molecule has 4 atom stereocenters. The molecule has 2 unspecified atom stereocenters. The first kappa shape index (κ1) is 21.7. The molecule has 0 radical (unpaired) electrons. The van der Waals surface area contributed by atoms with Crippen molar-refractivity contribution in [2.45, 2.75) is 59.7 Å². The number of allylic oxidation sites excluding steroid dienone is 8. The van der Waals surface area contributed by atoms with Gasteiger partial charge in [-0.1, -0.05) is 76.0 Å². The summed E-state index contributed by atoms with van der Waals surface area (Å²) in [5, 5.41) is 10.1. The van der Waals surface area contributed by atoms with Gasteiger partial charge in [0.2, 0.25) is 0 Å².